The van der Waals surface area contributed by atoms with Gasteiger partial charge < -0.3 is 13.7 Å². The molecule has 3 heteroatoms. The highest BCUT2D eigenvalue weighted by molar-refractivity contribution is 6.24. The first-order valence-electron chi connectivity index (χ1n) is 19.3. The quantitative estimate of drug-likeness (QED) is 0.182. The molecule has 0 saturated heterocycles. The maximum atomic E-state index is 7.11. The van der Waals surface area contributed by atoms with E-state index in [-0.39, 0.29) is 5.41 Å². The van der Waals surface area contributed by atoms with Gasteiger partial charge in [-0.2, -0.15) is 0 Å². The van der Waals surface area contributed by atoms with Gasteiger partial charge in [0.25, 0.3) is 0 Å². The Kier molecular flexibility index (Phi) is 6.40. The third kappa shape index (κ3) is 4.40. The van der Waals surface area contributed by atoms with Gasteiger partial charge in [-0.3, -0.25) is 0 Å². The molecule has 0 saturated carbocycles. The van der Waals surface area contributed by atoms with Crippen molar-refractivity contribution in [3.8, 4) is 22.3 Å². The summed E-state index contributed by atoms with van der Waals surface area (Å²) in [5.74, 6) is 0. The Bertz CT molecular complexity index is 3410. The van der Waals surface area contributed by atoms with Crippen molar-refractivity contribution >= 4 is 82.5 Å². The Morgan fingerprint density at radius 2 is 1.14 bits per heavy atom. The Morgan fingerprint density at radius 1 is 0.429 bits per heavy atom. The molecule has 0 radical (unpaired) electrons. The minimum atomic E-state index is -0.130. The van der Waals surface area contributed by atoms with Crippen LogP contribution in [0.25, 0.3) is 87.7 Å². The Labute approximate surface area is 323 Å². The molecule has 2 aromatic heterocycles. The fourth-order valence-electron chi connectivity index (χ4n) is 9.52. The molecule has 11 aromatic rings. The molecule has 0 unspecified atom stereocenters. The van der Waals surface area contributed by atoms with Crippen molar-refractivity contribution in [3.63, 3.8) is 0 Å². The van der Waals surface area contributed by atoms with Crippen LogP contribution in [0, 0.1) is 0 Å². The molecule has 0 bridgehead atoms. The van der Waals surface area contributed by atoms with Crippen LogP contribution in [-0.2, 0) is 5.41 Å². The van der Waals surface area contributed by atoms with Gasteiger partial charge in [0.1, 0.15) is 22.3 Å². The summed E-state index contributed by atoms with van der Waals surface area (Å²) in [6, 6.07) is 63.4. The highest BCUT2D eigenvalue weighted by atomic mass is 16.3. The molecule has 2 heterocycles. The van der Waals surface area contributed by atoms with Crippen LogP contribution in [0.3, 0.4) is 0 Å². The van der Waals surface area contributed by atoms with Crippen LogP contribution in [0.1, 0.15) is 25.0 Å². The highest BCUT2D eigenvalue weighted by Gasteiger charge is 2.36. The highest BCUT2D eigenvalue weighted by Crippen LogP contribution is 2.52. The van der Waals surface area contributed by atoms with Crippen molar-refractivity contribution in [1.29, 1.82) is 0 Å². The molecule has 9 aromatic carbocycles. The monoisotopic (exact) mass is 717 g/mol. The van der Waals surface area contributed by atoms with Crippen molar-refractivity contribution in [2.75, 3.05) is 4.90 Å². The van der Waals surface area contributed by atoms with Crippen LogP contribution >= 0.6 is 0 Å². The lowest BCUT2D eigenvalue weighted by atomic mass is 9.82. The molecule has 0 spiro atoms. The summed E-state index contributed by atoms with van der Waals surface area (Å²) < 4.78 is 13.7. The predicted octanol–water partition coefficient (Wildman–Crippen LogP) is 15.2. The second-order valence-electron chi connectivity index (χ2n) is 15.7. The van der Waals surface area contributed by atoms with E-state index in [2.05, 4.69) is 183 Å². The predicted molar refractivity (Wildman–Crippen MR) is 234 cm³/mol. The lowest BCUT2D eigenvalue weighted by molar-refractivity contribution is 0.660. The number of benzene rings is 9. The van der Waals surface area contributed by atoms with E-state index in [9.17, 15) is 0 Å². The number of anilines is 3. The van der Waals surface area contributed by atoms with Crippen LogP contribution in [0.15, 0.2) is 185 Å². The Hall–Kier alpha value is -7.10. The van der Waals surface area contributed by atoms with E-state index >= 15 is 0 Å². The van der Waals surface area contributed by atoms with Gasteiger partial charge in [0.15, 0.2) is 0 Å². The van der Waals surface area contributed by atoms with Crippen molar-refractivity contribution in [3.05, 3.63) is 187 Å². The summed E-state index contributed by atoms with van der Waals surface area (Å²) in [4.78, 5) is 2.40. The molecule has 56 heavy (non-hydrogen) atoms. The van der Waals surface area contributed by atoms with Crippen molar-refractivity contribution in [2.24, 2.45) is 0 Å². The SMILES string of the molecule is CC1(C)c2ccccc2-c2ccc(N(c3ccc4c(c3)oc3c(-c5ccc6ccccc6c5)c5c(cc34)oc3ccccc35)c3cccc4ccccc34)cc21. The van der Waals surface area contributed by atoms with Crippen molar-refractivity contribution in [1.82, 2.24) is 0 Å². The van der Waals surface area contributed by atoms with E-state index in [1.165, 1.54) is 43.8 Å². The fourth-order valence-corrected chi connectivity index (χ4v) is 9.52. The number of fused-ring (bicyclic) bond motifs is 11. The van der Waals surface area contributed by atoms with Crippen LogP contribution in [-0.4, -0.2) is 0 Å². The van der Waals surface area contributed by atoms with Gasteiger partial charge in [0, 0.05) is 55.4 Å². The summed E-state index contributed by atoms with van der Waals surface area (Å²) in [5, 5.41) is 9.02. The molecular formula is C53H35NO2. The maximum absolute atomic E-state index is 7.11. The number of para-hydroxylation sites is 1. The van der Waals surface area contributed by atoms with Crippen LogP contribution in [0.5, 0.6) is 0 Å². The van der Waals surface area contributed by atoms with Gasteiger partial charge in [0.2, 0.25) is 0 Å². The first-order chi connectivity index (χ1) is 27.5. The first kappa shape index (κ1) is 31.3. The van der Waals surface area contributed by atoms with Gasteiger partial charge in [0.05, 0.1) is 5.69 Å². The first-order valence-corrected chi connectivity index (χ1v) is 19.3. The number of hydrogen-bond donors (Lipinski definition) is 0. The minimum Gasteiger partial charge on any atom is -0.456 e. The summed E-state index contributed by atoms with van der Waals surface area (Å²) in [6.45, 7) is 4.69. The average Bonchev–Trinajstić information content (AvgIpc) is 3.87. The van der Waals surface area contributed by atoms with Gasteiger partial charge in [-0.15, -0.1) is 0 Å². The van der Waals surface area contributed by atoms with Crippen molar-refractivity contribution < 1.29 is 8.83 Å². The third-order valence-electron chi connectivity index (χ3n) is 12.2. The van der Waals surface area contributed by atoms with E-state index in [1.54, 1.807) is 0 Å². The van der Waals surface area contributed by atoms with Crippen LogP contribution < -0.4 is 4.90 Å². The number of nitrogens with zero attached hydrogens (tertiary/aromatic N) is 1. The smallest absolute Gasteiger partial charge is 0.144 e. The van der Waals surface area contributed by atoms with Crippen LogP contribution in [0.2, 0.25) is 0 Å². The molecule has 3 nitrogen and oxygen atoms in total. The second kappa shape index (κ2) is 11.5. The van der Waals surface area contributed by atoms with Crippen LogP contribution in [0.4, 0.5) is 17.1 Å². The molecule has 0 aliphatic heterocycles. The third-order valence-corrected chi connectivity index (χ3v) is 12.2. The molecule has 0 amide bonds. The number of rotatable bonds is 4. The topological polar surface area (TPSA) is 29.5 Å². The second-order valence-corrected chi connectivity index (χ2v) is 15.7. The molecule has 1 aliphatic rings. The molecule has 12 rings (SSSR count). The summed E-state index contributed by atoms with van der Waals surface area (Å²) in [6.07, 6.45) is 0. The Morgan fingerprint density at radius 3 is 2.05 bits per heavy atom. The van der Waals surface area contributed by atoms with E-state index in [4.69, 9.17) is 8.83 Å². The average molecular weight is 718 g/mol. The zero-order valence-electron chi connectivity index (χ0n) is 31.0. The Balaban J connectivity index is 1.11. The van der Waals surface area contributed by atoms with Gasteiger partial charge in [-0.1, -0.05) is 135 Å². The lowest BCUT2D eigenvalue weighted by Crippen LogP contribution is -2.16. The van der Waals surface area contributed by atoms with E-state index in [0.29, 0.717) is 0 Å². The standard InChI is InChI=1S/C53H35NO2/c1-53(2)44-19-9-7-17-39(44)40-26-24-36(29-45(40)53)54(46-20-11-15-33-13-5-6-16-38(33)46)37-25-27-41-43-31-49-51(42-18-8-10-21-47(42)55-49)50(52(43)56-48(41)30-37)35-23-22-32-12-3-4-14-34(32)28-35/h3-31H,1-2H3. The number of hydrogen-bond acceptors (Lipinski definition) is 3. The summed E-state index contributed by atoms with van der Waals surface area (Å²) in [7, 11) is 0. The van der Waals surface area contributed by atoms with E-state index < -0.39 is 0 Å². The normalized spacial score (nSPS) is 13.3. The van der Waals surface area contributed by atoms with E-state index in [0.717, 1.165) is 72.1 Å². The largest absolute Gasteiger partial charge is 0.456 e. The molecule has 0 atom stereocenters. The van der Waals surface area contributed by atoms with E-state index in [1.807, 2.05) is 12.1 Å². The maximum Gasteiger partial charge on any atom is 0.144 e. The zero-order valence-corrected chi connectivity index (χ0v) is 31.0. The number of furan rings is 2. The van der Waals surface area contributed by atoms with Gasteiger partial charge in [-0.25, -0.2) is 0 Å². The summed E-state index contributed by atoms with van der Waals surface area (Å²) in [5.41, 5.74) is 14.0. The minimum absolute atomic E-state index is 0.130. The molecule has 0 N–H and O–H groups in total. The molecular weight excluding hydrogens is 683 g/mol. The molecule has 1 aliphatic carbocycles. The zero-order chi connectivity index (χ0) is 37.1. The summed E-state index contributed by atoms with van der Waals surface area (Å²) >= 11 is 0. The van der Waals surface area contributed by atoms with Gasteiger partial charge >= 0.3 is 0 Å². The molecule has 0 fully saturated rings. The lowest BCUT2D eigenvalue weighted by Gasteiger charge is -2.29. The fraction of sp³-hybridized carbons (Fsp3) is 0.0566. The van der Waals surface area contributed by atoms with Gasteiger partial charge in [-0.05, 0) is 92.5 Å². The van der Waals surface area contributed by atoms with Crippen molar-refractivity contribution in [2.45, 2.75) is 19.3 Å². The molecule has 264 valence electrons.